The van der Waals surface area contributed by atoms with Gasteiger partial charge in [-0.1, -0.05) is 36.4 Å². The first-order valence-corrected chi connectivity index (χ1v) is 8.54. The molecule has 1 saturated carbocycles. The van der Waals surface area contributed by atoms with Crippen molar-refractivity contribution in [2.24, 2.45) is 0 Å². The van der Waals surface area contributed by atoms with Crippen LogP contribution in [0.15, 0.2) is 48.5 Å². The number of carbonyl (C=O) groups is 1. The van der Waals surface area contributed by atoms with E-state index in [9.17, 15) is 4.79 Å². The molecule has 1 N–H and O–H groups in total. The lowest BCUT2D eigenvalue weighted by atomic mass is 9.80. The minimum atomic E-state index is -0.249. The first kappa shape index (κ1) is 13.2. The Bertz CT molecular complexity index is 796. The maximum atomic E-state index is 13.2. The van der Waals surface area contributed by atoms with Gasteiger partial charge in [0.1, 0.15) is 5.66 Å². The summed E-state index contributed by atoms with van der Waals surface area (Å²) in [4.78, 5) is 15.3. The Kier molecular flexibility index (Phi) is 2.64. The van der Waals surface area contributed by atoms with E-state index in [1.165, 1.54) is 11.1 Å². The number of carbonyl (C=O) groups excluding carboxylic acids is 1. The molecule has 3 aliphatic rings. The van der Waals surface area contributed by atoms with E-state index in [4.69, 9.17) is 0 Å². The molecule has 5 rings (SSSR count). The smallest absolute Gasteiger partial charge is 0.258 e. The van der Waals surface area contributed by atoms with E-state index in [0.717, 1.165) is 43.4 Å². The van der Waals surface area contributed by atoms with Crippen LogP contribution in [-0.2, 0) is 12.8 Å². The maximum Gasteiger partial charge on any atom is 0.258 e. The van der Waals surface area contributed by atoms with Gasteiger partial charge in [0, 0.05) is 18.2 Å². The third-order valence-electron chi connectivity index (χ3n) is 5.53. The number of aryl methyl sites for hydroxylation is 1. The molecule has 2 aromatic carbocycles. The second-order valence-electron chi connectivity index (χ2n) is 7.05. The standard InChI is InChI=1S/C20H20N2O/c23-19-17-7-3-4-8-18(17)21-20(22(19)16-9-10-16)12-11-14-5-1-2-6-15(14)13-20/h1-8,16,21H,9-13H2/t20-/m1/s1. The van der Waals surface area contributed by atoms with Crippen molar-refractivity contribution in [2.75, 3.05) is 5.32 Å². The molecule has 2 aromatic rings. The van der Waals surface area contributed by atoms with Crippen molar-refractivity contribution in [3.8, 4) is 0 Å². The van der Waals surface area contributed by atoms with Gasteiger partial charge in [0.15, 0.2) is 0 Å². The summed E-state index contributed by atoms with van der Waals surface area (Å²) in [7, 11) is 0. The number of fused-ring (bicyclic) bond motifs is 2. The van der Waals surface area contributed by atoms with Crippen LogP contribution in [-0.4, -0.2) is 22.5 Å². The van der Waals surface area contributed by atoms with Crippen LogP contribution in [0.3, 0.4) is 0 Å². The zero-order valence-electron chi connectivity index (χ0n) is 13.1. The van der Waals surface area contributed by atoms with E-state index in [1.807, 2.05) is 24.3 Å². The molecule has 23 heavy (non-hydrogen) atoms. The lowest BCUT2D eigenvalue weighted by molar-refractivity contribution is 0.0437. The maximum absolute atomic E-state index is 13.2. The van der Waals surface area contributed by atoms with Crippen molar-refractivity contribution in [3.05, 3.63) is 65.2 Å². The lowest BCUT2D eigenvalue weighted by Gasteiger charge is -2.51. The van der Waals surface area contributed by atoms with Crippen LogP contribution < -0.4 is 5.32 Å². The predicted octanol–water partition coefficient (Wildman–Crippen LogP) is 3.60. The van der Waals surface area contributed by atoms with Gasteiger partial charge in [-0.3, -0.25) is 4.79 Å². The largest absolute Gasteiger partial charge is 0.362 e. The number of rotatable bonds is 1. The fraction of sp³-hybridized carbons (Fsp3) is 0.350. The van der Waals surface area contributed by atoms with E-state index in [0.29, 0.717) is 6.04 Å². The topological polar surface area (TPSA) is 32.3 Å². The average Bonchev–Trinajstić information content (AvgIpc) is 3.39. The molecule has 0 saturated heterocycles. The van der Waals surface area contributed by atoms with Gasteiger partial charge in [-0.05, 0) is 48.9 Å². The number of benzene rings is 2. The summed E-state index contributed by atoms with van der Waals surface area (Å²) >= 11 is 0. The van der Waals surface area contributed by atoms with Gasteiger partial charge < -0.3 is 10.2 Å². The fourth-order valence-corrected chi connectivity index (χ4v) is 4.29. The Hall–Kier alpha value is -2.29. The van der Waals surface area contributed by atoms with Gasteiger partial charge in [-0.2, -0.15) is 0 Å². The molecule has 0 radical (unpaired) electrons. The summed E-state index contributed by atoms with van der Waals surface area (Å²) in [6.45, 7) is 0. The highest BCUT2D eigenvalue weighted by Gasteiger charge is 2.51. The van der Waals surface area contributed by atoms with Crippen molar-refractivity contribution in [1.29, 1.82) is 0 Å². The van der Waals surface area contributed by atoms with E-state index < -0.39 is 0 Å². The Morgan fingerprint density at radius 2 is 1.74 bits per heavy atom. The molecular formula is C20H20N2O. The first-order valence-electron chi connectivity index (χ1n) is 8.54. The van der Waals surface area contributed by atoms with Crippen LogP contribution in [0.4, 0.5) is 5.69 Å². The van der Waals surface area contributed by atoms with Gasteiger partial charge in [-0.25, -0.2) is 0 Å². The first-order chi connectivity index (χ1) is 11.3. The lowest BCUT2D eigenvalue weighted by Crippen LogP contribution is -2.63. The Labute approximate surface area is 136 Å². The molecule has 0 unspecified atom stereocenters. The van der Waals surface area contributed by atoms with Crippen molar-refractivity contribution in [2.45, 2.75) is 43.8 Å². The number of hydrogen-bond donors (Lipinski definition) is 1. The summed E-state index contributed by atoms with van der Waals surface area (Å²) in [5, 5.41) is 3.76. The Morgan fingerprint density at radius 3 is 2.57 bits per heavy atom. The second kappa shape index (κ2) is 4.60. The summed E-state index contributed by atoms with van der Waals surface area (Å²) in [5.74, 6) is 0.209. The molecular weight excluding hydrogens is 284 g/mol. The molecule has 0 bridgehead atoms. The zero-order chi connectivity index (χ0) is 15.4. The van der Waals surface area contributed by atoms with Crippen LogP contribution in [0.5, 0.6) is 0 Å². The van der Waals surface area contributed by atoms with Gasteiger partial charge in [0.2, 0.25) is 0 Å². The molecule has 3 heteroatoms. The predicted molar refractivity (Wildman–Crippen MR) is 90.5 cm³/mol. The van der Waals surface area contributed by atoms with E-state index in [2.05, 4.69) is 34.5 Å². The number of anilines is 1. The summed E-state index contributed by atoms with van der Waals surface area (Å²) < 4.78 is 0. The van der Waals surface area contributed by atoms with Crippen LogP contribution in [0, 0.1) is 0 Å². The van der Waals surface area contributed by atoms with Gasteiger partial charge in [-0.15, -0.1) is 0 Å². The third kappa shape index (κ3) is 1.92. The van der Waals surface area contributed by atoms with E-state index in [-0.39, 0.29) is 11.6 Å². The average molecular weight is 304 g/mol. The number of amides is 1. The van der Waals surface area contributed by atoms with Crippen molar-refractivity contribution < 1.29 is 4.79 Å². The van der Waals surface area contributed by atoms with E-state index >= 15 is 0 Å². The Morgan fingerprint density at radius 1 is 1.00 bits per heavy atom. The number of hydrogen-bond acceptors (Lipinski definition) is 2. The molecule has 3 nitrogen and oxygen atoms in total. The molecule has 1 heterocycles. The molecule has 116 valence electrons. The normalized spacial score (nSPS) is 25.7. The highest BCUT2D eigenvalue weighted by molar-refractivity contribution is 6.02. The molecule has 1 atom stereocenters. The molecule has 0 aromatic heterocycles. The van der Waals surface area contributed by atoms with E-state index in [1.54, 1.807) is 0 Å². The minimum absolute atomic E-state index is 0.209. The van der Waals surface area contributed by atoms with Crippen molar-refractivity contribution in [1.82, 2.24) is 4.90 Å². The van der Waals surface area contributed by atoms with Crippen molar-refractivity contribution in [3.63, 3.8) is 0 Å². The summed E-state index contributed by atoms with van der Waals surface area (Å²) in [6.07, 6.45) is 5.19. The zero-order valence-corrected chi connectivity index (χ0v) is 13.1. The highest BCUT2D eigenvalue weighted by atomic mass is 16.2. The van der Waals surface area contributed by atoms with Crippen LogP contribution in [0.2, 0.25) is 0 Å². The number of nitrogens with zero attached hydrogens (tertiary/aromatic N) is 1. The van der Waals surface area contributed by atoms with Gasteiger partial charge >= 0.3 is 0 Å². The monoisotopic (exact) mass is 304 g/mol. The van der Waals surface area contributed by atoms with Crippen LogP contribution >= 0.6 is 0 Å². The SMILES string of the molecule is O=C1c2ccccc2N[C@]2(CCc3ccccc3C2)N1C1CC1. The second-order valence-corrected chi connectivity index (χ2v) is 7.05. The van der Waals surface area contributed by atoms with Crippen molar-refractivity contribution >= 4 is 11.6 Å². The number of nitrogens with one attached hydrogen (secondary N) is 1. The summed E-state index contributed by atoms with van der Waals surface area (Å²) in [6, 6.07) is 17.0. The molecule has 1 spiro atoms. The summed E-state index contributed by atoms with van der Waals surface area (Å²) in [5.41, 5.74) is 4.38. The molecule has 2 aliphatic carbocycles. The van der Waals surface area contributed by atoms with Gasteiger partial charge in [0.05, 0.1) is 5.56 Å². The van der Waals surface area contributed by atoms with Crippen LogP contribution in [0.1, 0.15) is 40.7 Å². The molecule has 1 fully saturated rings. The third-order valence-corrected chi connectivity index (χ3v) is 5.53. The molecule has 1 aliphatic heterocycles. The molecule has 1 amide bonds. The van der Waals surface area contributed by atoms with Crippen LogP contribution in [0.25, 0.3) is 0 Å². The quantitative estimate of drug-likeness (QED) is 0.873. The Balaban J connectivity index is 1.63. The fourth-order valence-electron chi connectivity index (χ4n) is 4.29. The number of para-hydroxylation sites is 1. The van der Waals surface area contributed by atoms with Gasteiger partial charge in [0.25, 0.3) is 5.91 Å². The minimum Gasteiger partial charge on any atom is -0.362 e. The highest BCUT2D eigenvalue weighted by Crippen LogP contribution is 2.45.